The number of H-pyrrole nitrogens is 1. The number of likely N-dealkylation sites (tertiary alicyclic amines) is 1. The Morgan fingerprint density at radius 3 is 1.79 bits per heavy atom. The number of phenolic OH excluding ortho intramolecular Hbond substituents is 1. The summed E-state index contributed by atoms with van der Waals surface area (Å²) >= 11 is 0. The Kier molecular flexibility index (Phi) is 28.6. The van der Waals surface area contributed by atoms with Gasteiger partial charge >= 0.3 is 0 Å². The number of aromatic hydroxyl groups is 1. The number of amides is 12. The molecule has 7 rings (SSSR count). The normalized spacial score (nSPS) is 16.2. The Morgan fingerprint density at radius 2 is 1.15 bits per heavy atom. The molecule has 30 heteroatoms. The Hall–Kier alpha value is -10.9. The topological polar surface area (TPSA) is 475 Å². The molecule has 0 aliphatic carbocycles. The van der Waals surface area contributed by atoms with Gasteiger partial charge < -0.3 is 90.5 Å². The largest absolute Gasteiger partial charge is 0.508 e. The van der Waals surface area contributed by atoms with Crippen LogP contribution in [0.2, 0.25) is 0 Å². The first-order valence-electron chi connectivity index (χ1n) is 33.1. The smallest absolute Gasteiger partial charge is 0.251 e. The zero-order valence-corrected chi connectivity index (χ0v) is 55.4. The van der Waals surface area contributed by atoms with Gasteiger partial charge in [-0.15, -0.1) is 0 Å². The fraction of sp³-hybridized carbons (Fsp3) is 0.435. The lowest BCUT2D eigenvalue weighted by atomic mass is 10.00. The summed E-state index contributed by atoms with van der Waals surface area (Å²) in [7, 11) is 0. The number of carbonyl (C=O) groups excluding carboxylic acids is 12. The third-order valence-electron chi connectivity index (χ3n) is 16.8. The molecule has 0 spiro atoms. The molecule has 2 saturated heterocycles. The Balaban J connectivity index is 1.14. The minimum Gasteiger partial charge on any atom is -0.508 e. The number of nitrogens with one attached hydrogen (secondary N) is 11. The second-order valence-corrected chi connectivity index (χ2v) is 25.0. The average molecular weight is 1370 g/mol. The van der Waals surface area contributed by atoms with E-state index < -0.39 is 127 Å². The van der Waals surface area contributed by atoms with Gasteiger partial charge in [0.2, 0.25) is 65.0 Å². The number of aliphatic hydroxyl groups excluding tert-OH is 1. The summed E-state index contributed by atoms with van der Waals surface area (Å²) in [6, 6.07) is 17.8. The quantitative estimate of drug-likeness (QED) is 0.0127. The number of carbonyl (C=O) groups is 12. The number of phenols is 1. The Morgan fingerprint density at radius 1 is 0.596 bits per heavy atom. The van der Waals surface area contributed by atoms with Crippen molar-refractivity contribution in [2.45, 2.75) is 152 Å². The molecule has 19 N–H and O–H groups in total. The van der Waals surface area contributed by atoms with Crippen LogP contribution in [-0.2, 0) is 72.0 Å². The summed E-state index contributed by atoms with van der Waals surface area (Å²) in [5.74, 6) is -9.43. The first kappa shape index (κ1) is 75.5. The lowest BCUT2D eigenvalue weighted by Gasteiger charge is -2.30. The maximum Gasteiger partial charge on any atom is 0.251 e. The average Bonchev–Trinajstić information content (AvgIpc) is 1.83. The number of aliphatic hydroxyl groups is 1. The molecule has 0 bridgehead atoms. The number of unbranched alkanes of at least 4 members (excludes halogenated alkanes) is 1. The molecule has 0 unspecified atom stereocenters. The maximum atomic E-state index is 15.0. The second kappa shape index (κ2) is 37.6. The van der Waals surface area contributed by atoms with Gasteiger partial charge in [0.15, 0.2) is 5.96 Å². The standard InChI is InChI=1S/C69H90N16O14/c1-40(2)33-51(62(93)79-50(22-13-31-74-69(71)72)68(99)85-32-14-23-56(85)67(98)76-38-57(70)88)80-60(91)48(21-11-12-30-73-59(90)43-17-7-4-8-18-43)78-63(94)53(35-42-24-26-45(87)27-25-42)82-66(97)55(39-86)84-65(96)54(36-44-37-75-47-20-10-9-19-46(44)47)83-64(95)52(34-41-15-5-3-6-16-41)81-61(92)49-28-29-58(89)77-49/h3-10,15-20,24-27,37,40,48-56,75,86-87H,11-14,21-23,28-36,38-39H2,1-2H3,(H2,70,88)(H,73,90)(H,76,98)(H,77,89)(H,78,94)(H,79,93)(H,80,91)(H,81,92)(H,82,97)(H,83,95)(H,84,96)(H4,71,72,74)/t48-,49+,50+,51+,52-,53+,54-,55+,56+/m1/s1. The first-order chi connectivity index (χ1) is 47.5. The van der Waals surface area contributed by atoms with Crippen LogP contribution in [0.25, 0.3) is 10.9 Å². The summed E-state index contributed by atoms with van der Waals surface area (Å²) in [6.45, 7) is 2.41. The number of fused-ring (bicyclic) bond motifs is 1. The van der Waals surface area contributed by atoms with Crippen LogP contribution < -0.4 is 70.4 Å². The van der Waals surface area contributed by atoms with Crippen LogP contribution in [0.3, 0.4) is 0 Å². The van der Waals surface area contributed by atoms with Crippen LogP contribution in [0.4, 0.5) is 0 Å². The third kappa shape index (κ3) is 23.4. The fourth-order valence-corrected chi connectivity index (χ4v) is 11.7. The summed E-state index contributed by atoms with van der Waals surface area (Å²) in [5, 5.41) is 48.7. The molecule has 1 aromatic heterocycles. The van der Waals surface area contributed by atoms with E-state index in [1.165, 1.54) is 29.2 Å². The monoisotopic (exact) mass is 1370 g/mol. The van der Waals surface area contributed by atoms with E-state index in [0.29, 0.717) is 39.6 Å². The lowest BCUT2D eigenvalue weighted by molar-refractivity contribution is -0.142. The van der Waals surface area contributed by atoms with Crippen molar-refractivity contribution in [3.8, 4) is 5.75 Å². The number of aromatic amines is 1. The maximum absolute atomic E-state index is 15.0. The zero-order chi connectivity index (χ0) is 71.5. The minimum atomic E-state index is -1.81. The summed E-state index contributed by atoms with van der Waals surface area (Å²) in [4.78, 5) is 175. The van der Waals surface area contributed by atoms with Gasteiger partial charge in [0.1, 0.15) is 60.1 Å². The molecule has 30 nitrogen and oxygen atoms in total. The summed E-state index contributed by atoms with van der Waals surface area (Å²) in [5.41, 5.74) is 19.1. The number of rotatable bonds is 37. The number of nitrogens with zero attached hydrogens (tertiary/aromatic N) is 2. The van der Waals surface area contributed by atoms with Gasteiger partial charge in [-0.2, -0.15) is 0 Å². The highest BCUT2D eigenvalue weighted by atomic mass is 16.3. The molecule has 5 aromatic rings. The Bertz CT molecular complexity index is 3660. The van der Waals surface area contributed by atoms with Gasteiger partial charge in [-0.1, -0.05) is 92.7 Å². The van der Waals surface area contributed by atoms with Crippen molar-refractivity contribution in [2.75, 3.05) is 32.8 Å². The van der Waals surface area contributed by atoms with E-state index in [0.717, 1.165) is 0 Å². The SMILES string of the molecule is CC(C)C[C@H](NC(=O)[C@@H](CCCCNC(=O)c1ccccc1)NC(=O)[C@H](Cc1ccc(O)cc1)NC(=O)[C@H](CO)NC(=O)[C@@H](Cc1c[nH]c2ccccc12)NC(=O)[C@@H](Cc1ccccc1)NC(=O)[C@@H]1CCC(=O)N1)C(=O)N[C@@H](CCCN=C(N)N)C(=O)N1CCC[C@H]1C(=O)NCC(N)=O. The molecule has 0 radical (unpaired) electrons. The highest BCUT2D eigenvalue weighted by Gasteiger charge is 2.40. The fourth-order valence-electron chi connectivity index (χ4n) is 11.7. The van der Waals surface area contributed by atoms with Crippen molar-refractivity contribution in [3.63, 3.8) is 0 Å². The minimum absolute atomic E-state index is 0.00674. The number of para-hydroxylation sites is 1. The molecule has 2 aliphatic rings. The highest BCUT2D eigenvalue weighted by molar-refractivity contribution is 6.00. The van der Waals surface area contributed by atoms with E-state index in [2.05, 4.69) is 63.1 Å². The molecular weight excluding hydrogens is 1280 g/mol. The van der Waals surface area contributed by atoms with Crippen molar-refractivity contribution >= 4 is 87.7 Å². The molecule has 12 amide bonds. The van der Waals surface area contributed by atoms with Crippen LogP contribution in [-0.4, -0.2) is 184 Å². The van der Waals surface area contributed by atoms with E-state index >= 15 is 4.79 Å². The molecule has 0 saturated carbocycles. The highest BCUT2D eigenvalue weighted by Crippen LogP contribution is 2.23. The number of hydrogen-bond acceptors (Lipinski definition) is 15. The van der Waals surface area contributed by atoms with Crippen LogP contribution in [0.15, 0.2) is 120 Å². The third-order valence-corrected chi connectivity index (χ3v) is 16.8. The number of aliphatic imine (C=N–C) groups is 1. The number of aromatic nitrogens is 1. The first-order valence-corrected chi connectivity index (χ1v) is 33.1. The summed E-state index contributed by atoms with van der Waals surface area (Å²) < 4.78 is 0. The van der Waals surface area contributed by atoms with Gasteiger partial charge in [-0.05, 0) is 111 Å². The van der Waals surface area contributed by atoms with Gasteiger partial charge in [0.25, 0.3) is 5.91 Å². The number of primary amides is 1. The predicted octanol–water partition coefficient (Wildman–Crippen LogP) is -1.14. The molecule has 2 aliphatic heterocycles. The van der Waals surface area contributed by atoms with Gasteiger partial charge in [-0.3, -0.25) is 62.5 Å². The van der Waals surface area contributed by atoms with Crippen molar-refractivity contribution in [2.24, 2.45) is 28.1 Å². The molecular formula is C69H90N16O14. The zero-order valence-electron chi connectivity index (χ0n) is 55.4. The van der Waals surface area contributed by atoms with Gasteiger partial charge in [0.05, 0.1) is 13.2 Å². The van der Waals surface area contributed by atoms with Crippen molar-refractivity contribution in [1.29, 1.82) is 0 Å². The van der Waals surface area contributed by atoms with E-state index in [-0.39, 0.29) is 126 Å². The molecule has 2 fully saturated rings. The lowest BCUT2D eigenvalue weighted by Crippen LogP contribution is -2.61. The molecule has 99 heavy (non-hydrogen) atoms. The van der Waals surface area contributed by atoms with Crippen LogP contribution in [0.1, 0.15) is 105 Å². The molecule has 3 heterocycles. The molecule has 530 valence electrons. The molecule has 9 atom stereocenters. The van der Waals surface area contributed by atoms with E-state index in [4.69, 9.17) is 17.2 Å². The molecule has 4 aromatic carbocycles. The van der Waals surface area contributed by atoms with Crippen molar-refractivity contribution < 1.29 is 67.7 Å². The van der Waals surface area contributed by atoms with E-state index in [1.54, 1.807) is 105 Å². The van der Waals surface area contributed by atoms with E-state index in [1.807, 2.05) is 0 Å². The number of benzene rings is 4. The number of guanidine groups is 1. The predicted molar refractivity (Wildman–Crippen MR) is 365 cm³/mol. The van der Waals surface area contributed by atoms with Gasteiger partial charge in [-0.25, -0.2) is 0 Å². The number of nitrogens with two attached hydrogens (primary N) is 3. The van der Waals surface area contributed by atoms with Crippen LogP contribution in [0.5, 0.6) is 5.75 Å². The second-order valence-electron chi connectivity index (χ2n) is 25.0. The van der Waals surface area contributed by atoms with Crippen molar-refractivity contribution in [3.05, 3.63) is 138 Å². The van der Waals surface area contributed by atoms with Crippen LogP contribution >= 0.6 is 0 Å². The summed E-state index contributed by atoms with van der Waals surface area (Å²) in [6.07, 6.45) is 2.63. The number of hydrogen-bond donors (Lipinski definition) is 16. The van der Waals surface area contributed by atoms with Crippen LogP contribution in [0, 0.1) is 5.92 Å². The van der Waals surface area contributed by atoms with Crippen molar-refractivity contribution in [1.82, 2.24) is 63.1 Å². The van der Waals surface area contributed by atoms with E-state index in [9.17, 15) is 63.0 Å². The van der Waals surface area contributed by atoms with Gasteiger partial charge in [0, 0.05) is 68.0 Å². The Labute approximate surface area is 572 Å².